The zero-order valence-electron chi connectivity index (χ0n) is 24.1. The van der Waals surface area contributed by atoms with Crippen molar-refractivity contribution in [3.8, 4) is 29.2 Å². The van der Waals surface area contributed by atoms with E-state index in [9.17, 15) is 27.7 Å². The number of hydrogen-bond donors (Lipinski definition) is 1. The van der Waals surface area contributed by atoms with E-state index < -0.39 is 38.3 Å². The molecule has 0 aliphatic carbocycles. The van der Waals surface area contributed by atoms with Gasteiger partial charge in [-0.2, -0.15) is 9.57 Å². The minimum Gasteiger partial charge on any atom is -0.495 e. The third-order valence-corrected chi connectivity index (χ3v) is 8.63. The molecule has 0 radical (unpaired) electrons. The predicted molar refractivity (Wildman–Crippen MR) is 157 cm³/mol. The van der Waals surface area contributed by atoms with Crippen LogP contribution in [0.25, 0.3) is 0 Å². The highest BCUT2D eigenvalue weighted by Gasteiger charge is 2.59. The number of methoxy groups -OCH3 is 2. The predicted octanol–water partition coefficient (Wildman–Crippen LogP) is 4.28. The Labute approximate surface area is 257 Å². The molecule has 2 heterocycles. The van der Waals surface area contributed by atoms with Gasteiger partial charge in [-0.1, -0.05) is 18.2 Å². The van der Waals surface area contributed by atoms with Crippen LogP contribution in [0.5, 0.6) is 23.1 Å². The normalized spacial score (nSPS) is 15.5. The lowest BCUT2D eigenvalue weighted by molar-refractivity contribution is -0.121. The molecule has 45 heavy (non-hydrogen) atoms. The fourth-order valence-corrected chi connectivity index (χ4v) is 6.60. The van der Waals surface area contributed by atoms with Crippen molar-refractivity contribution < 1.29 is 41.3 Å². The van der Waals surface area contributed by atoms with Crippen LogP contribution in [-0.4, -0.2) is 46.2 Å². The molecule has 3 aromatic carbocycles. The molecule has 14 heteroatoms. The molecule has 1 atom stereocenters. The third kappa shape index (κ3) is 5.23. The number of sulfonamides is 1. The molecule has 0 unspecified atom stereocenters. The average Bonchev–Trinajstić information content (AvgIpc) is 3.29. The lowest BCUT2D eigenvalue weighted by atomic mass is 9.83. The van der Waals surface area contributed by atoms with E-state index in [4.69, 9.17) is 18.9 Å². The summed E-state index contributed by atoms with van der Waals surface area (Å²) in [6.07, 6.45) is 0.247. The number of nitrogens with zero attached hydrogens (tertiary/aromatic N) is 3. The number of hydrogen-bond acceptors (Lipinski definition) is 10. The van der Waals surface area contributed by atoms with Crippen LogP contribution in [0.4, 0.5) is 14.9 Å². The standard InChI is InChI=1S/C31H25FN4O8S/c1-4-43-28-21(11-8-14-34-28)31(35-30(38)44-20-9-6-5-7-10-20)22-15-19(18-33)12-13-24(22)36(29(31)37)45(39,40)27-16-23(32)25(41-2)17-26(27)42-3/h5-17H,4H2,1-3H3,(H,35,38)/t31-/m1/s1. The summed E-state index contributed by atoms with van der Waals surface area (Å²) in [6.45, 7) is 1.76. The Morgan fingerprint density at radius 2 is 1.76 bits per heavy atom. The van der Waals surface area contributed by atoms with E-state index in [1.54, 1.807) is 25.1 Å². The van der Waals surface area contributed by atoms with Crippen LogP contribution in [0.3, 0.4) is 0 Å². The molecule has 0 spiro atoms. The number of amides is 2. The van der Waals surface area contributed by atoms with Crippen LogP contribution >= 0.6 is 0 Å². The highest BCUT2D eigenvalue weighted by atomic mass is 32.2. The fourth-order valence-electron chi connectivity index (χ4n) is 4.98. The van der Waals surface area contributed by atoms with Crippen molar-refractivity contribution in [3.63, 3.8) is 0 Å². The largest absolute Gasteiger partial charge is 0.495 e. The number of ether oxygens (including phenoxy) is 4. The number of fused-ring (bicyclic) bond motifs is 1. The molecule has 12 nitrogen and oxygen atoms in total. The van der Waals surface area contributed by atoms with Crippen LogP contribution in [0.15, 0.2) is 83.9 Å². The summed E-state index contributed by atoms with van der Waals surface area (Å²) < 4.78 is 65.4. The number of para-hydroxylation sites is 1. The summed E-state index contributed by atoms with van der Waals surface area (Å²) >= 11 is 0. The van der Waals surface area contributed by atoms with E-state index in [0.29, 0.717) is 10.4 Å². The number of carbonyl (C=O) groups is 2. The first-order valence-corrected chi connectivity index (χ1v) is 14.8. The Bertz CT molecular complexity index is 1950. The highest BCUT2D eigenvalue weighted by Crippen LogP contribution is 2.50. The van der Waals surface area contributed by atoms with E-state index in [0.717, 1.165) is 6.07 Å². The molecule has 0 saturated carbocycles. The van der Waals surface area contributed by atoms with Crippen LogP contribution in [-0.2, 0) is 20.4 Å². The molecule has 5 rings (SSSR count). The zero-order chi connectivity index (χ0) is 32.4. The molecule has 230 valence electrons. The van der Waals surface area contributed by atoms with Crippen molar-refractivity contribution in [3.05, 3.63) is 102 Å². The molecule has 0 bridgehead atoms. The van der Waals surface area contributed by atoms with E-state index in [1.807, 2.05) is 6.07 Å². The maximum Gasteiger partial charge on any atom is 0.414 e. The Kier molecular flexibility index (Phi) is 8.30. The molecule has 1 aliphatic heterocycles. The first-order valence-electron chi connectivity index (χ1n) is 13.3. The lowest BCUT2D eigenvalue weighted by Gasteiger charge is -2.30. The molecule has 0 saturated heterocycles. The summed E-state index contributed by atoms with van der Waals surface area (Å²) in [5, 5.41) is 12.3. The molecular weight excluding hydrogens is 607 g/mol. The quantitative estimate of drug-likeness (QED) is 0.283. The Morgan fingerprint density at radius 3 is 2.42 bits per heavy atom. The maximum absolute atomic E-state index is 14.9. The average molecular weight is 633 g/mol. The maximum atomic E-state index is 14.9. The van der Waals surface area contributed by atoms with Gasteiger partial charge in [0.15, 0.2) is 17.1 Å². The van der Waals surface area contributed by atoms with Gasteiger partial charge in [0.05, 0.1) is 43.7 Å². The van der Waals surface area contributed by atoms with E-state index in [-0.39, 0.29) is 52.1 Å². The fraction of sp³-hybridized carbons (Fsp3) is 0.161. The molecule has 4 aromatic rings. The van der Waals surface area contributed by atoms with Gasteiger partial charge in [0.1, 0.15) is 16.4 Å². The molecular formula is C31H25FN4O8S. The monoisotopic (exact) mass is 632 g/mol. The molecule has 1 aliphatic rings. The second-order valence-corrected chi connectivity index (χ2v) is 11.2. The number of carbonyl (C=O) groups excluding carboxylic acids is 2. The van der Waals surface area contributed by atoms with Gasteiger partial charge in [0.2, 0.25) is 5.88 Å². The van der Waals surface area contributed by atoms with Crippen molar-refractivity contribution in [1.29, 1.82) is 5.26 Å². The van der Waals surface area contributed by atoms with E-state index in [2.05, 4.69) is 10.3 Å². The topological polar surface area (TPSA) is 157 Å². The first-order chi connectivity index (χ1) is 21.6. The van der Waals surface area contributed by atoms with Gasteiger partial charge in [0, 0.05) is 23.9 Å². The van der Waals surface area contributed by atoms with Gasteiger partial charge in [-0.05, 0) is 49.4 Å². The summed E-state index contributed by atoms with van der Waals surface area (Å²) in [7, 11) is -2.62. The van der Waals surface area contributed by atoms with Crippen LogP contribution in [0.2, 0.25) is 0 Å². The van der Waals surface area contributed by atoms with Crippen molar-refractivity contribution in [2.45, 2.75) is 17.4 Å². The molecule has 2 amide bonds. The number of anilines is 1. The number of benzene rings is 3. The van der Waals surface area contributed by atoms with Crippen LogP contribution in [0.1, 0.15) is 23.6 Å². The lowest BCUT2D eigenvalue weighted by Crippen LogP contribution is -2.55. The van der Waals surface area contributed by atoms with Crippen molar-refractivity contribution in [2.24, 2.45) is 0 Å². The minimum atomic E-state index is -4.98. The van der Waals surface area contributed by atoms with Gasteiger partial charge in [-0.3, -0.25) is 10.1 Å². The second kappa shape index (κ2) is 12.1. The summed E-state index contributed by atoms with van der Waals surface area (Å²) in [5.41, 5.74) is -2.72. The zero-order valence-corrected chi connectivity index (χ0v) is 24.9. The van der Waals surface area contributed by atoms with Gasteiger partial charge in [-0.25, -0.2) is 22.6 Å². The van der Waals surface area contributed by atoms with Crippen LogP contribution in [0, 0.1) is 17.1 Å². The summed E-state index contributed by atoms with van der Waals surface area (Å²) in [5.74, 6) is -2.85. The summed E-state index contributed by atoms with van der Waals surface area (Å²) in [4.78, 5) is 31.8. The van der Waals surface area contributed by atoms with Crippen molar-refractivity contribution in [2.75, 3.05) is 25.1 Å². The van der Waals surface area contributed by atoms with Gasteiger partial charge < -0.3 is 18.9 Å². The first kappa shape index (κ1) is 30.8. The minimum absolute atomic E-state index is 0.0401. The number of nitriles is 1. The second-order valence-electron chi connectivity index (χ2n) is 9.42. The Hall–Kier alpha value is -5.68. The number of halogens is 1. The molecule has 1 N–H and O–H groups in total. The molecule has 0 fully saturated rings. The van der Waals surface area contributed by atoms with Gasteiger partial charge in [0.25, 0.3) is 15.9 Å². The number of aromatic nitrogens is 1. The van der Waals surface area contributed by atoms with Crippen molar-refractivity contribution in [1.82, 2.24) is 10.3 Å². The van der Waals surface area contributed by atoms with Gasteiger partial charge in [-0.15, -0.1) is 0 Å². The number of rotatable bonds is 9. The number of nitrogens with one attached hydrogen (secondary N) is 1. The smallest absolute Gasteiger partial charge is 0.414 e. The van der Waals surface area contributed by atoms with Crippen molar-refractivity contribution >= 4 is 27.7 Å². The Morgan fingerprint density at radius 1 is 1.02 bits per heavy atom. The van der Waals surface area contributed by atoms with E-state index >= 15 is 0 Å². The SMILES string of the molecule is CCOc1ncccc1[C@]1(NC(=O)Oc2ccccc2)C(=O)N(S(=O)(=O)c2cc(F)c(OC)cc2OC)c2ccc(C#N)cc21. The van der Waals surface area contributed by atoms with Gasteiger partial charge >= 0.3 is 6.09 Å². The highest BCUT2D eigenvalue weighted by molar-refractivity contribution is 7.93. The third-order valence-electron chi connectivity index (χ3n) is 6.91. The Balaban J connectivity index is 1.79. The van der Waals surface area contributed by atoms with Crippen LogP contribution < -0.4 is 28.6 Å². The number of pyridine rings is 1. The molecule has 1 aromatic heterocycles. The van der Waals surface area contributed by atoms with E-state index in [1.165, 1.54) is 62.9 Å². The summed E-state index contributed by atoms with van der Waals surface area (Å²) in [6, 6.07) is 18.3.